The van der Waals surface area contributed by atoms with Crippen LogP contribution in [0.25, 0.3) is 0 Å². The molecule has 9 nitrogen and oxygen atoms in total. The summed E-state index contributed by atoms with van der Waals surface area (Å²) in [4.78, 5) is 37.2. The summed E-state index contributed by atoms with van der Waals surface area (Å²) in [7, 11) is 5.94. The molecule has 0 heterocycles. The lowest BCUT2D eigenvalue weighted by atomic mass is 10.1. The van der Waals surface area contributed by atoms with Crippen molar-refractivity contribution >= 4 is 17.9 Å². The van der Waals surface area contributed by atoms with E-state index in [2.05, 4.69) is 74.6 Å². The van der Waals surface area contributed by atoms with E-state index >= 15 is 0 Å². The van der Waals surface area contributed by atoms with E-state index in [1.807, 2.05) is 21.1 Å². The summed E-state index contributed by atoms with van der Waals surface area (Å²) in [5, 5.41) is 9.64. The Hall–Kier alpha value is -3.01. The van der Waals surface area contributed by atoms with Gasteiger partial charge in [-0.3, -0.25) is 9.59 Å². The Balaban J connectivity index is 4.42. The van der Waals surface area contributed by atoms with Gasteiger partial charge in [0, 0.05) is 12.8 Å². The predicted octanol–water partition coefficient (Wildman–Crippen LogP) is 12.6. The summed E-state index contributed by atoms with van der Waals surface area (Å²) in [6.07, 6.45) is 47.0. The largest absolute Gasteiger partial charge is 0.477 e. The van der Waals surface area contributed by atoms with E-state index in [9.17, 15) is 19.5 Å². The van der Waals surface area contributed by atoms with Gasteiger partial charge in [-0.1, -0.05) is 152 Å². The van der Waals surface area contributed by atoms with Gasteiger partial charge in [0.2, 0.25) is 0 Å². The van der Waals surface area contributed by atoms with Gasteiger partial charge in [0.15, 0.2) is 6.10 Å². The van der Waals surface area contributed by atoms with Crippen molar-refractivity contribution in [2.24, 2.45) is 0 Å². The fourth-order valence-corrected chi connectivity index (χ4v) is 6.11. The van der Waals surface area contributed by atoms with Crippen LogP contribution in [0.4, 0.5) is 0 Å². The molecular weight excluding hydrogens is 743 g/mol. The molecule has 9 heteroatoms. The Morgan fingerprint density at radius 1 is 0.525 bits per heavy atom. The normalized spacial score (nSPS) is 13.4. The van der Waals surface area contributed by atoms with Crippen LogP contribution < -0.4 is 0 Å². The van der Waals surface area contributed by atoms with Crippen molar-refractivity contribution in [3.63, 3.8) is 0 Å². The van der Waals surface area contributed by atoms with Gasteiger partial charge in [0.1, 0.15) is 13.2 Å². The zero-order chi connectivity index (χ0) is 43.5. The molecule has 0 fully saturated rings. The maximum atomic E-state index is 12.8. The van der Waals surface area contributed by atoms with Crippen LogP contribution in [-0.2, 0) is 33.3 Å². The minimum Gasteiger partial charge on any atom is -0.477 e. The zero-order valence-electron chi connectivity index (χ0n) is 38.4. The minimum absolute atomic E-state index is 0.181. The first-order chi connectivity index (χ1) is 28.6. The van der Waals surface area contributed by atoms with Crippen molar-refractivity contribution in [1.29, 1.82) is 0 Å². The molecule has 0 saturated carbocycles. The van der Waals surface area contributed by atoms with Gasteiger partial charge < -0.3 is 28.5 Å². The number of esters is 2. The topological polar surface area (TPSA) is 108 Å². The van der Waals surface area contributed by atoms with Crippen molar-refractivity contribution < 1.29 is 42.9 Å². The van der Waals surface area contributed by atoms with Crippen molar-refractivity contribution in [1.82, 2.24) is 0 Å². The third-order valence-corrected chi connectivity index (χ3v) is 9.76. The lowest BCUT2D eigenvalue weighted by Gasteiger charge is -2.25. The van der Waals surface area contributed by atoms with Gasteiger partial charge in [-0.25, -0.2) is 4.79 Å². The van der Waals surface area contributed by atoms with E-state index in [1.54, 1.807) is 0 Å². The first-order valence-corrected chi connectivity index (χ1v) is 23.5. The maximum absolute atomic E-state index is 12.8. The van der Waals surface area contributed by atoms with Gasteiger partial charge in [-0.05, 0) is 77.0 Å². The number of rotatable bonds is 42. The average Bonchev–Trinajstić information content (AvgIpc) is 3.19. The number of unbranched alkanes of at least 4 members (excludes halogenated alkanes) is 17. The highest BCUT2D eigenvalue weighted by Crippen LogP contribution is 2.14. The summed E-state index contributed by atoms with van der Waals surface area (Å²) in [6.45, 7) is 4.70. The quantitative estimate of drug-likeness (QED) is 0.0213. The average molecular weight is 831 g/mol. The number of allylic oxidation sites excluding steroid dienone is 10. The fraction of sp³-hybridized carbons (Fsp3) is 0.740. The second kappa shape index (κ2) is 41.7. The zero-order valence-corrected chi connectivity index (χ0v) is 38.4. The van der Waals surface area contributed by atoms with E-state index in [0.29, 0.717) is 23.9 Å². The molecule has 0 spiro atoms. The monoisotopic (exact) mass is 831 g/mol. The summed E-state index contributed by atoms with van der Waals surface area (Å²) in [5.74, 6) is -2.04. The summed E-state index contributed by atoms with van der Waals surface area (Å²) in [6, 6.07) is 0. The number of carbonyl (C=O) groups is 3. The lowest BCUT2D eigenvalue weighted by Crippen LogP contribution is -2.40. The van der Waals surface area contributed by atoms with Crippen LogP contribution in [-0.4, -0.2) is 87.4 Å². The molecule has 340 valence electrons. The number of ether oxygens (including phenoxy) is 4. The minimum atomic E-state index is -1.52. The molecule has 0 amide bonds. The third kappa shape index (κ3) is 42.9. The molecule has 59 heavy (non-hydrogen) atoms. The molecule has 0 aliphatic heterocycles. The Kier molecular flexibility index (Phi) is 39.6. The second-order valence-electron chi connectivity index (χ2n) is 16.7. The first kappa shape index (κ1) is 56.0. The Labute approximate surface area is 361 Å². The predicted molar refractivity (Wildman–Crippen MR) is 244 cm³/mol. The molecule has 0 aromatic rings. The van der Waals surface area contributed by atoms with Crippen LogP contribution in [0.15, 0.2) is 60.8 Å². The SMILES string of the molecule is CC/C=C\C/C=C\C/C=C\CCCCCCCC(=O)OC(COC(=O)CCCCCCCCCCC/C=C\C/C=C\CCCCC)COC(OCC[N+](C)(C)C)C(=O)O. The summed E-state index contributed by atoms with van der Waals surface area (Å²) < 4.78 is 22.7. The molecule has 2 atom stereocenters. The summed E-state index contributed by atoms with van der Waals surface area (Å²) >= 11 is 0. The molecule has 0 aliphatic carbocycles. The number of carboxylic acids is 1. The Bertz CT molecular complexity index is 1150. The molecule has 0 aromatic carbocycles. The van der Waals surface area contributed by atoms with Crippen LogP contribution in [0.5, 0.6) is 0 Å². The number of hydrogen-bond acceptors (Lipinski definition) is 7. The third-order valence-electron chi connectivity index (χ3n) is 9.76. The van der Waals surface area contributed by atoms with E-state index in [-0.39, 0.29) is 32.2 Å². The number of likely N-dealkylation sites (N-methyl/N-ethyl adjacent to an activating group) is 1. The van der Waals surface area contributed by atoms with Gasteiger partial charge in [-0.15, -0.1) is 0 Å². The number of nitrogens with zero attached hydrogens (tertiary/aromatic N) is 1. The molecule has 0 saturated heterocycles. The fourth-order valence-electron chi connectivity index (χ4n) is 6.11. The van der Waals surface area contributed by atoms with Crippen LogP contribution >= 0.6 is 0 Å². The number of aliphatic carboxylic acids is 1. The Morgan fingerprint density at radius 3 is 1.44 bits per heavy atom. The van der Waals surface area contributed by atoms with E-state index in [0.717, 1.165) is 77.0 Å². The van der Waals surface area contributed by atoms with Crippen molar-refractivity contribution in [2.45, 2.75) is 193 Å². The highest BCUT2D eigenvalue weighted by molar-refractivity contribution is 5.71. The van der Waals surface area contributed by atoms with Crippen molar-refractivity contribution in [3.8, 4) is 0 Å². The molecule has 0 aromatic heterocycles. The van der Waals surface area contributed by atoms with Crippen molar-refractivity contribution in [3.05, 3.63) is 60.8 Å². The molecule has 1 N–H and O–H groups in total. The van der Waals surface area contributed by atoms with E-state index in [4.69, 9.17) is 18.9 Å². The van der Waals surface area contributed by atoms with E-state index < -0.39 is 24.3 Å². The smallest absolute Gasteiger partial charge is 0.361 e. The van der Waals surface area contributed by atoms with Crippen LogP contribution in [0.3, 0.4) is 0 Å². The molecule has 2 unspecified atom stereocenters. The van der Waals surface area contributed by atoms with E-state index in [1.165, 1.54) is 70.6 Å². The highest BCUT2D eigenvalue weighted by Gasteiger charge is 2.25. The van der Waals surface area contributed by atoms with Gasteiger partial charge in [0.25, 0.3) is 6.29 Å². The van der Waals surface area contributed by atoms with Gasteiger partial charge in [0.05, 0.1) is 34.4 Å². The van der Waals surface area contributed by atoms with Crippen LogP contribution in [0, 0.1) is 0 Å². The number of carbonyl (C=O) groups excluding carboxylic acids is 2. The molecule has 0 radical (unpaired) electrons. The summed E-state index contributed by atoms with van der Waals surface area (Å²) in [5.41, 5.74) is 0. The van der Waals surface area contributed by atoms with Gasteiger partial charge >= 0.3 is 17.9 Å². The second-order valence-corrected chi connectivity index (χ2v) is 16.7. The molecular formula is C50H88NO8+. The first-order valence-electron chi connectivity index (χ1n) is 23.5. The molecule has 0 rings (SSSR count). The lowest BCUT2D eigenvalue weighted by molar-refractivity contribution is -0.870. The van der Waals surface area contributed by atoms with Crippen LogP contribution in [0.1, 0.15) is 181 Å². The number of hydrogen-bond donors (Lipinski definition) is 1. The highest BCUT2D eigenvalue weighted by atomic mass is 16.7. The van der Waals surface area contributed by atoms with Gasteiger partial charge in [-0.2, -0.15) is 0 Å². The molecule has 0 bridgehead atoms. The maximum Gasteiger partial charge on any atom is 0.361 e. The molecule has 0 aliphatic rings. The standard InChI is InChI=1S/C50H87NO8/c1-6-8-10-12-14-16-18-20-22-23-24-25-27-28-30-32-34-36-38-40-47(52)57-44-46(45-58-50(49(54)55)56-43-42-51(3,4)5)59-48(53)41-39-37-35-33-31-29-26-21-19-17-15-13-11-9-7-2/h9,11,14-17,20-22,26,46,50H,6-8,10,12-13,18-19,23-25,27-45H2,1-5H3/p+1/b11-9-,16-14-,17-15-,22-20-,26-21-. The number of carboxylic acid groups (broad SMARTS) is 1. The Morgan fingerprint density at radius 2 is 0.966 bits per heavy atom. The number of quaternary nitrogens is 1. The van der Waals surface area contributed by atoms with Crippen LogP contribution in [0.2, 0.25) is 0 Å². The van der Waals surface area contributed by atoms with Crippen molar-refractivity contribution in [2.75, 3.05) is 47.5 Å².